The van der Waals surface area contributed by atoms with Crippen molar-refractivity contribution >= 4 is 10.0 Å². The zero-order chi connectivity index (χ0) is 16.3. The normalized spacial score (nSPS) is 12.9. The lowest BCUT2D eigenvalue weighted by atomic mass is 10.1. The molecule has 2 aromatic carbocycles. The number of sulfonamides is 1. The van der Waals surface area contributed by atoms with Crippen LogP contribution in [-0.4, -0.2) is 15.5 Å². The number of benzene rings is 2. The fourth-order valence-corrected chi connectivity index (χ4v) is 3.46. The summed E-state index contributed by atoms with van der Waals surface area (Å²) in [6, 6.07) is 9.92. The first-order chi connectivity index (χ1) is 10.3. The molecule has 0 heterocycles. The monoisotopic (exact) mass is 323 g/mol. The molecule has 0 aromatic heterocycles. The van der Waals surface area contributed by atoms with Crippen molar-refractivity contribution in [3.05, 3.63) is 59.4 Å². The maximum absolute atomic E-state index is 12.9. The Balaban J connectivity index is 2.23. The predicted molar refractivity (Wildman–Crippen MR) is 82.9 cm³/mol. The Bertz CT molecular complexity index is 757. The molecule has 0 aliphatic rings. The van der Waals surface area contributed by atoms with E-state index in [9.17, 15) is 12.8 Å². The highest BCUT2D eigenvalue weighted by Crippen LogP contribution is 2.23. The zero-order valence-corrected chi connectivity index (χ0v) is 13.4. The molecule has 2 aromatic rings. The third-order valence-electron chi connectivity index (χ3n) is 3.38. The number of rotatable bonds is 5. The van der Waals surface area contributed by atoms with E-state index in [2.05, 4.69) is 4.72 Å². The molecule has 1 unspecified atom stereocenters. The molecule has 0 amide bonds. The maximum atomic E-state index is 12.9. The Morgan fingerprint density at radius 1 is 1.14 bits per heavy atom. The van der Waals surface area contributed by atoms with Crippen LogP contribution in [0.15, 0.2) is 47.4 Å². The molecule has 0 fully saturated rings. The second-order valence-corrected chi connectivity index (χ2v) is 6.74. The van der Waals surface area contributed by atoms with Crippen LogP contribution in [0.3, 0.4) is 0 Å². The van der Waals surface area contributed by atoms with Gasteiger partial charge in [0.2, 0.25) is 10.0 Å². The van der Waals surface area contributed by atoms with Crippen LogP contribution in [0.2, 0.25) is 0 Å². The third kappa shape index (κ3) is 3.64. The number of hydrogen-bond acceptors (Lipinski definition) is 3. The Hall–Kier alpha value is -1.92. The van der Waals surface area contributed by atoms with Gasteiger partial charge in [-0.3, -0.25) is 0 Å². The van der Waals surface area contributed by atoms with E-state index in [0.29, 0.717) is 11.3 Å². The summed E-state index contributed by atoms with van der Waals surface area (Å²) in [6.45, 7) is 3.49. The van der Waals surface area contributed by atoms with Gasteiger partial charge in [0.25, 0.3) is 0 Å². The average Bonchev–Trinajstić information content (AvgIpc) is 2.47. The molecular weight excluding hydrogens is 305 g/mol. The number of aryl methyl sites for hydroxylation is 1. The van der Waals surface area contributed by atoms with Gasteiger partial charge in [0, 0.05) is 6.04 Å². The largest absolute Gasteiger partial charge is 0.496 e. The lowest BCUT2D eigenvalue weighted by Gasteiger charge is -2.15. The molecule has 1 atom stereocenters. The molecule has 6 heteroatoms. The van der Waals surface area contributed by atoms with Crippen molar-refractivity contribution in [3.63, 3.8) is 0 Å². The van der Waals surface area contributed by atoms with Gasteiger partial charge in [-0.05, 0) is 55.3 Å². The van der Waals surface area contributed by atoms with Crippen molar-refractivity contribution < 1.29 is 17.5 Å². The number of nitrogens with one attached hydrogen (secondary N) is 1. The summed E-state index contributed by atoms with van der Waals surface area (Å²) in [5, 5.41) is 0. The van der Waals surface area contributed by atoms with E-state index in [0.717, 1.165) is 5.56 Å². The molecular formula is C16H18FNO3S. The average molecular weight is 323 g/mol. The van der Waals surface area contributed by atoms with E-state index < -0.39 is 16.1 Å². The first kappa shape index (κ1) is 16.5. The number of ether oxygens (including phenoxy) is 1. The quantitative estimate of drug-likeness (QED) is 0.919. The van der Waals surface area contributed by atoms with Gasteiger partial charge in [-0.2, -0.15) is 0 Å². The van der Waals surface area contributed by atoms with Gasteiger partial charge in [0.15, 0.2) is 0 Å². The molecule has 0 radical (unpaired) electrons. The van der Waals surface area contributed by atoms with Crippen LogP contribution < -0.4 is 9.46 Å². The van der Waals surface area contributed by atoms with E-state index in [-0.39, 0.29) is 10.7 Å². The highest BCUT2D eigenvalue weighted by molar-refractivity contribution is 7.89. The van der Waals surface area contributed by atoms with E-state index in [4.69, 9.17) is 4.74 Å². The standard InChI is InChI=1S/C16H18FNO3S/c1-11-10-15(8-9-16(11)21-3)22(19,20)18-12(2)13-4-6-14(17)7-5-13/h4-10,12,18H,1-3H3. The van der Waals surface area contributed by atoms with Gasteiger partial charge in [0.05, 0.1) is 12.0 Å². The Morgan fingerprint density at radius 2 is 1.77 bits per heavy atom. The first-order valence-corrected chi connectivity index (χ1v) is 8.24. The second kappa shape index (κ2) is 6.46. The summed E-state index contributed by atoms with van der Waals surface area (Å²) in [5.74, 6) is 0.273. The van der Waals surface area contributed by atoms with Gasteiger partial charge in [-0.15, -0.1) is 0 Å². The molecule has 22 heavy (non-hydrogen) atoms. The Labute approximate surface area is 130 Å². The molecule has 118 valence electrons. The molecule has 0 aliphatic carbocycles. The summed E-state index contributed by atoms with van der Waals surface area (Å²) < 4.78 is 45.4. The van der Waals surface area contributed by atoms with Crippen molar-refractivity contribution in [1.82, 2.24) is 4.72 Å². The summed E-state index contributed by atoms with van der Waals surface area (Å²) in [5.41, 5.74) is 1.43. The van der Waals surface area contributed by atoms with Crippen LogP contribution >= 0.6 is 0 Å². The van der Waals surface area contributed by atoms with Gasteiger partial charge in [0.1, 0.15) is 11.6 Å². The fourth-order valence-electron chi connectivity index (χ4n) is 2.14. The molecule has 2 rings (SSSR count). The van der Waals surface area contributed by atoms with E-state index in [1.165, 1.54) is 25.3 Å². The Kier molecular flexibility index (Phi) is 4.83. The minimum absolute atomic E-state index is 0.166. The van der Waals surface area contributed by atoms with Gasteiger partial charge in [-0.25, -0.2) is 17.5 Å². The number of hydrogen-bond donors (Lipinski definition) is 1. The van der Waals surface area contributed by atoms with Crippen LogP contribution in [0, 0.1) is 12.7 Å². The first-order valence-electron chi connectivity index (χ1n) is 6.76. The van der Waals surface area contributed by atoms with E-state index in [1.807, 2.05) is 0 Å². The van der Waals surface area contributed by atoms with Crippen LogP contribution in [0.5, 0.6) is 5.75 Å². The lowest BCUT2D eigenvalue weighted by Crippen LogP contribution is -2.27. The van der Waals surface area contributed by atoms with Crippen molar-refractivity contribution in [2.45, 2.75) is 24.8 Å². The summed E-state index contributed by atoms with van der Waals surface area (Å²) >= 11 is 0. The molecule has 0 spiro atoms. The molecule has 0 aliphatic heterocycles. The fraction of sp³-hybridized carbons (Fsp3) is 0.250. The SMILES string of the molecule is COc1ccc(S(=O)(=O)NC(C)c2ccc(F)cc2)cc1C. The van der Waals surface area contributed by atoms with E-state index in [1.54, 1.807) is 38.1 Å². The minimum Gasteiger partial charge on any atom is -0.496 e. The summed E-state index contributed by atoms with van der Waals surface area (Å²) in [6.07, 6.45) is 0. The van der Waals surface area contributed by atoms with Crippen LogP contribution in [0.25, 0.3) is 0 Å². The van der Waals surface area contributed by atoms with Crippen LogP contribution in [0.1, 0.15) is 24.1 Å². The van der Waals surface area contributed by atoms with Crippen molar-refractivity contribution in [2.24, 2.45) is 0 Å². The highest BCUT2D eigenvalue weighted by atomic mass is 32.2. The molecule has 0 bridgehead atoms. The smallest absolute Gasteiger partial charge is 0.241 e. The number of methoxy groups -OCH3 is 1. The van der Waals surface area contributed by atoms with Crippen LogP contribution in [-0.2, 0) is 10.0 Å². The number of halogens is 1. The van der Waals surface area contributed by atoms with E-state index >= 15 is 0 Å². The highest BCUT2D eigenvalue weighted by Gasteiger charge is 2.19. The van der Waals surface area contributed by atoms with Gasteiger partial charge < -0.3 is 4.74 Å². The topological polar surface area (TPSA) is 55.4 Å². The second-order valence-electron chi connectivity index (χ2n) is 5.03. The molecule has 0 saturated heterocycles. The summed E-state index contributed by atoms with van der Waals surface area (Å²) in [4.78, 5) is 0.166. The molecule has 1 N–H and O–H groups in total. The third-order valence-corrected chi connectivity index (χ3v) is 4.92. The van der Waals surface area contributed by atoms with Gasteiger partial charge >= 0.3 is 0 Å². The van der Waals surface area contributed by atoms with Crippen molar-refractivity contribution in [2.75, 3.05) is 7.11 Å². The van der Waals surface area contributed by atoms with Gasteiger partial charge in [-0.1, -0.05) is 12.1 Å². The zero-order valence-electron chi connectivity index (χ0n) is 12.6. The predicted octanol–water partition coefficient (Wildman–Crippen LogP) is 3.18. The summed E-state index contributed by atoms with van der Waals surface area (Å²) in [7, 11) is -2.13. The van der Waals surface area contributed by atoms with Crippen LogP contribution in [0.4, 0.5) is 4.39 Å². The molecule has 0 saturated carbocycles. The van der Waals surface area contributed by atoms with Crippen molar-refractivity contribution in [3.8, 4) is 5.75 Å². The molecule has 4 nitrogen and oxygen atoms in total. The lowest BCUT2D eigenvalue weighted by molar-refractivity contribution is 0.411. The minimum atomic E-state index is -3.66. The Morgan fingerprint density at radius 3 is 2.32 bits per heavy atom. The maximum Gasteiger partial charge on any atom is 0.241 e. The van der Waals surface area contributed by atoms with Crippen molar-refractivity contribution in [1.29, 1.82) is 0 Å².